The van der Waals surface area contributed by atoms with Gasteiger partial charge in [-0.1, -0.05) is 31.2 Å². The Bertz CT molecular complexity index is 647. The third-order valence-corrected chi connectivity index (χ3v) is 5.29. The summed E-state index contributed by atoms with van der Waals surface area (Å²) in [6.45, 7) is 5.14. The second kappa shape index (κ2) is 6.61. The van der Waals surface area contributed by atoms with E-state index < -0.39 is 0 Å². The Kier molecular flexibility index (Phi) is 4.57. The van der Waals surface area contributed by atoms with Crippen LogP contribution in [0.4, 0.5) is 0 Å². The SMILES string of the molecule is CCc1ccc(-c2nc(C(=O)N3CCCCC3C)cs2)cc1. The lowest BCUT2D eigenvalue weighted by atomic mass is 10.0. The van der Waals surface area contributed by atoms with Crippen molar-refractivity contribution in [2.24, 2.45) is 0 Å². The van der Waals surface area contributed by atoms with E-state index in [0.717, 1.165) is 36.4 Å². The Morgan fingerprint density at radius 1 is 1.32 bits per heavy atom. The van der Waals surface area contributed by atoms with Crippen LogP contribution in [0.25, 0.3) is 10.6 Å². The fourth-order valence-corrected chi connectivity index (χ4v) is 3.73. The van der Waals surface area contributed by atoms with Crippen molar-refractivity contribution in [2.75, 3.05) is 6.54 Å². The van der Waals surface area contributed by atoms with E-state index in [1.807, 2.05) is 10.3 Å². The van der Waals surface area contributed by atoms with E-state index in [4.69, 9.17) is 0 Å². The van der Waals surface area contributed by atoms with E-state index in [1.165, 1.54) is 12.0 Å². The second-order valence-electron chi connectivity index (χ2n) is 5.93. The van der Waals surface area contributed by atoms with Gasteiger partial charge in [0.1, 0.15) is 10.7 Å². The summed E-state index contributed by atoms with van der Waals surface area (Å²) in [6.07, 6.45) is 4.46. The predicted octanol–water partition coefficient (Wildman–Crippen LogP) is 4.39. The van der Waals surface area contributed by atoms with Gasteiger partial charge < -0.3 is 4.90 Å². The molecule has 22 heavy (non-hydrogen) atoms. The van der Waals surface area contributed by atoms with Crippen LogP contribution in [-0.4, -0.2) is 28.4 Å². The molecule has 0 bridgehead atoms. The molecule has 0 aliphatic carbocycles. The Hall–Kier alpha value is -1.68. The van der Waals surface area contributed by atoms with E-state index in [0.29, 0.717) is 11.7 Å². The molecule has 1 aliphatic rings. The molecule has 116 valence electrons. The minimum atomic E-state index is 0.0832. The number of aromatic nitrogens is 1. The van der Waals surface area contributed by atoms with Crippen molar-refractivity contribution < 1.29 is 4.79 Å². The van der Waals surface area contributed by atoms with Crippen molar-refractivity contribution in [3.8, 4) is 10.6 Å². The molecule has 1 aromatic carbocycles. The molecule has 1 aliphatic heterocycles. The van der Waals surface area contributed by atoms with E-state index in [1.54, 1.807) is 11.3 Å². The molecule has 3 nitrogen and oxygen atoms in total. The first-order chi connectivity index (χ1) is 10.7. The minimum Gasteiger partial charge on any atom is -0.335 e. The van der Waals surface area contributed by atoms with Gasteiger partial charge in [0.2, 0.25) is 0 Å². The van der Waals surface area contributed by atoms with Gasteiger partial charge in [0, 0.05) is 23.5 Å². The zero-order valence-corrected chi connectivity index (χ0v) is 14.0. The van der Waals surface area contributed by atoms with E-state index in [-0.39, 0.29) is 5.91 Å². The first kappa shape index (κ1) is 15.2. The van der Waals surface area contributed by atoms with Crippen LogP contribution in [0.2, 0.25) is 0 Å². The summed E-state index contributed by atoms with van der Waals surface area (Å²) in [5, 5.41) is 2.82. The number of likely N-dealkylation sites (tertiary alicyclic amines) is 1. The molecule has 1 unspecified atom stereocenters. The van der Waals surface area contributed by atoms with Gasteiger partial charge in [0.05, 0.1) is 0 Å². The van der Waals surface area contributed by atoms with Crippen molar-refractivity contribution in [1.29, 1.82) is 0 Å². The van der Waals surface area contributed by atoms with Crippen LogP contribution in [0.3, 0.4) is 0 Å². The maximum absolute atomic E-state index is 12.6. The van der Waals surface area contributed by atoms with Gasteiger partial charge in [0.15, 0.2) is 0 Å². The van der Waals surface area contributed by atoms with Crippen molar-refractivity contribution in [1.82, 2.24) is 9.88 Å². The number of nitrogens with zero attached hydrogens (tertiary/aromatic N) is 2. The van der Waals surface area contributed by atoms with Crippen LogP contribution in [0, 0.1) is 0 Å². The molecule has 1 fully saturated rings. The highest BCUT2D eigenvalue weighted by Gasteiger charge is 2.25. The van der Waals surface area contributed by atoms with Gasteiger partial charge in [-0.15, -0.1) is 11.3 Å². The summed E-state index contributed by atoms with van der Waals surface area (Å²) in [5.74, 6) is 0.0832. The largest absolute Gasteiger partial charge is 0.335 e. The van der Waals surface area contributed by atoms with Crippen LogP contribution >= 0.6 is 11.3 Å². The molecule has 2 aromatic rings. The highest BCUT2D eigenvalue weighted by atomic mass is 32.1. The second-order valence-corrected chi connectivity index (χ2v) is 6.79. The number of carbonyl (C=O) groups excluding carboxylic acids is 1. The highest BCUT2D eigenvalue weighted by Crippen LogP contribution is 2.26. The number of hydrogen-bond donors (Lipinski definition) is 0. The van der Waals surface area contributed by atoms with Crippen LogP contribution < -0.4 is 0 Å². The summed E-state index contributed by atoms with van der Waals surface area (Å²) in [5.41, 5.74) is 3.00. The first-order valence-corrected chi connectivity index (χ1v) is 8.93. The number of benzene rings is 1. The molecule has 3 rings (SSSR count). The standard InChI is InChI=1S/C18H22N2OS/c1-3-14-7-9-15(10-8-14)17-19-16(12-22-17)18(21)20-11-5-4-6-13(20)2/h7-10,12-13H,3-6,11H2,1-2H3. The molecule has 0 spiro atoms. The van der Waals surface area contributed by atoms with Crippen LogP contribution in [0.5, 0.6) is 0 Å². The average Bonchev–Trinajstić information content (AvgIpc) is 3.05. The number of carbonyl (C=O) groups is 1. The fourth-order valence-electron chi connectivity index (χ4n) is 2.93. The van der Waals surface area contributed by atoms with E-state index in [9.17, 15) is 4.79 Å². The molecule has 0 N–H and O–H groups in total. The molecule has 2 heterocycles. The molecule has 0 saturated carbocycles. The quantitative estimate of drug-likeness (QED) is 0.842. The topological polar surface area (TPSA) is 33.2 Å². The van der Waals surface area contributed by atoms with Crippen molar-refractivity contribution in [3.05, 3.63) is 40.9 Å². The fraction of sp³-hybridized carbons (Fsp3) is 0.444. The summed E-state index contributed by atoms with van der Waals surface area (Å²) < 4.78 is 0. The third kappa shape index (κ3) is 3.07. The summed E-state index contributed by atoms with van der Waals surface area (Å²) in [4.78, 5) is 19.2. The summed E-state index contributed by atoms with van der Waals surface area (Å²) in [6, 6.07) is 8.77. The molecule has 0 radical (unpaired) electrons. The maximum Gasteiger partial charge on any atom is 0.273 e. The van der Waals surface area contributed by atoms with Crippen LogP contribution in [-0.2, 0) is 6.42 Å². The Morgan fingerprint density at radius 2 is 2.09 bits per heavy atom. The number of hydrogen-bond acceptors (Lipinski definition) is 3. The number of aryl methyl sites for hydroxylation is 1. The zero-order valence-electron chi connectivity index (χ0n) is 13.2. The Labute approximate surface area is 136 Å². The zero-order chi connectivity index (χ0) is 15.5. The first-order valence-electron chi connectivity index (χ1n) is 8.05. The summed E-state index contributed by atoms with van der Waals surface area (Å²) in [7, 11) is 0. The van der Waals surface area contributed by atoms with Crippen LogP contribution in [0.1, 0.15) is 49.2 Å². The Morgan fingerprint density at radius 3 is 2.77 bits per heavy atom. The number of rotatable bonds is 3. The molecular formula is C18H22N2OS. The molecule has 1 atom stereocenters. The van der Waals surface area contributed by atoms with E-state index >= 15 is 0 Å². The molecule has 1 amide bonds. The average molecular weight is 314 g/mol. The number of thiazole rings is 1. The molecule has 1 saturated heterocycles. The number of piperidine rings is 1. The lowest BCUT2D eigenvalue weighted by Gasteiger charge is -2.32. The van der Waals surface area contributed by atoms with Gasteiger partial charge in [-0.2, -0.15) is 0 Å². The number of amides is 1. The maximum atomic E-state index is 12.6. The molecule has 1 aromatic heterocycles. The predicted molar refractivity (Wildman–Crippen MR) is 91.3 cm³/mol. The third-order valence-electron chi connectivity index (χ3n) is 4.40. The lowest BCUT2D eigenvalue weighted by Crippen LogP contribution is -2.42. The molecule has 4 heteroatoms. The van der Waals surface area contributed by atoms with Crippen molar-refractivity contribution in [3.63, 3.8) is 0 Å². The lowest BCUT2D eigenvalue weighted by molar-refractivity contribution is 0.0630. The van der Waals surface area contributed by atoms with E-state index in [2.05, 4.69) is 43.1 Å². The van der Waals surface area contributed by atoms with Crippen molar-refractivity contribution in [2.45, 2.75) is 45.6 Å². The van der Waals surface area contributed by atoms with Gasteiger partial charge in [-0.25, -0.2) is 4.98 Å². The Balaban J connectivity index is 1.79. The molecular weight excluding hydrogens is 292 g/mol. The minimum absolute atomic E-state index is 0.0832. The van der Waals surface area contributed by atoms with Gasteiger partial charge in [-0.3, -0.25) is 4.79 Å². The van der Waals surface area contributed by atoms with Gasteiger partial charge in [0.25, 0.3) is 5.91 Å². The van der Waals surface area contributed by atoms with Gasteiger partial charge in [-0.05, 0) is 38.2 Å². The smallest absolute Gasteiger partial charge is 0.273 e. The van der Waals surface area contributed by atoms with Crippen LogP contribution in [0.15, 0.2) is 29.6 Å². The van der Waals surface area contributed by atoms with Crippen molar-refractivity contribution >= 4 is 17.2 Å². The normalized spacial score (nSPS) is 18.5. The monoisotopic (exact) mass is 314 g/mol. The highest BCUT2D eigenvalue weighted by molar-refractivity contribution is 7.13. The summed E-state index contributed by atoms with van der Waals surface area (Å²) >= 11 is 1.55. The van der Waals surface area contributed by atoms with Gasteiger partial charge >= 0.3 is 0 Å².